The number of aromatic hydroxyl groups is 1. The highest BCUT2D eigenvalue weighted by Crippen LogP contribution is 2.29. The summed E-state index contributed by atoms with van der Waals surface area (Å²) in [4.78, 5) is 9.17. The van der Waals surface area contributed by atoms with Crippen molar-refractivity contribution in [2.45, 2.75) is 19.4 Å². The van der Waals surface area contributed by atoms with Gasteiger partial charge in [-0.1, -0.05) is 31.2 Å². The van der Waals surface area contributed by atoms with Crippen LogP contribution < -0.4 is 11.1 Å². The summed E-state index contributed by atoms with van der Waals surface area (Å²) in [5.74, 6) is 1.39. The average Bonchev–Trinajstić information content (AvgIpc) is 2.59. The Bertz CT molecular complexity index is 819. The molecule has 1 atom stereocenters. The molecule has 2 aromatic carbocycles. The van der Waals surface area contributed by atoms with Crippen molar-refractivity contribution in [3.63, 3.8) is 0 Å². The second-order valence-electron chi connectivity index (χ2n) is 5.48. The standard InChI is InChI=1S/C18H20N4O/c1-2-12(19)11-20-17-13-7-3-5-9-15(13)21-18(22-17)14-8-4-6-10-16(14)23/h3-10,12,23H,2,11,19H2,1H3,(H,20,21,22). The molecule has 0 aliphatic rings. The Kier molecular flexibility index (Phi) is 4.39. The molecule has 3 aromatic rings. The number of benzene rings is 2. The van der Waals surface area contributed by atoms with Crippen LogP contribution in [0.25, 0.3) is 22.3 Å². The van der Waals surface area contributed by atoms with Crippen LogP contribution in [0.15, 0.2) is 48.5 Å². The molecule has 0 aliphatic heterocycles. The first-order valence-electron chi connectivity index (χ1n) is 7.73. The van der Waals surface area contributed by atoms with Crippen molar-refractivity contribution in [3.05, 3.63) is 48.5 Å². The lowest BCUT2D eigenvalue weighted by Crippen LogP contribution is -2.28. The molecule has 3 rings (SSSR count). The number of nitrogens with two attached hydrogens (primary N) is 1. The van der Waals surface area contributed by atoms with E-state index in [1.807, 2.05) is 30.3 Å². The lowest BCUT2D eigenvalue weighted by atomic mass is 10.1. The molecular weight excluding hydrogens is 288 g/mol. The molecule has 0 saturated heterocycles. The molecule has 5 nitrogen and oxygen atoms in total. The van der Waals surface area contributed by atoms with Crippen molar-refractivity contribution in [1.29, 1.82) is 0 Å². The molecule has 0 amide bonds. The predicted octanol–water partition coefficient (Wildman–Crippen LogP) is 3.15. The number of fused-ring (bicyclic) bond motifs is 1. The number of nitrogens with one attached hydrogen (secondary N) is 1. The number of rotatable bonds is 5. The third-order valence-corrected chi connectivity index (χ3v) is 3.80. The molecular formula is C18H20N4O. The van der Waals surface area contributed by atoms with E-state index in [4.69, 9.17) is 5.73 Å². The van der Waals surface area contributed by atoms with Crippen LogP contribution in [0.5, 0.6) is 5.75 Å². The molecule has 1 unspecified atom stereocenters. The third-order valence-electron chi connectivity index (χ3n) is 3.80. The fraction of sp³-hybridized carbons (Fsp3) is 0.222. The van der Waals surface area contributed by atoms with E-state index < -0.39 is 0 Å². The molecule has 0 saturated carbocycles. The van der Waals surface area contributed by atoms with E-state index in [2.05, 4.69) is 22.2 Å². The summed E-state index contributed by atoms with van der Waals surface area (Å²) < 4.78 is 0. The molecule has 0 aliphatic carbocycles. The van der Waals surface area contributed by atoms with Gasteiger partial charge < -0.3 is 16.2 Å². The van der Waals surface area contributed by atoms with Gasteiger partial charge in [0.05, 0.1) is 11.1 Å². The van der Waals surface area contributed by atoms with Crippen LogP contribution >= 0.6 is 0 Å². The molecule has 0 radical (unpaired) electrons. The van der Waals surface area contributed by atoms with Crippen LogP contribution in [0.1, 0.15) is 13.3 Å². The van der Waals surface area contributed by atoms with Gasteiger partial charge in [0.1, 0.15) is 11.6 Å². The summed E-state index contributed by atoms with van der Waals surface area (Å²) in [5, 5.41) is 14.3. The number of nitrogens with zero attached hydrogens (tertiary/aromatic N) is 2. The number of anilines is 1. The summed E-state index contributed by atoms with van der Waals surface area (Å²) in [7, 11) is 0. The maximum absolute atomic E-state index is 10.1. The number of phenols is 1. The highest BCUT2D eigenvalue weighted by molar-refractivity contribution is 5.90. The Morgan fingerprint density at radius 2 is 1.83 bits per heavy atom. The van der Waals surface area contributed by atoms with Gasteiger partial charge in [-0.3, -0.25) is 0 Å². The van der Waals surface area contributed by atoms with Crippen LogP contribution in [0.2, 0.25) is 0 Å². The zero-order valence-corrected chi connectivity index (χ0v) is 13.0. The average molecular weight is 308 g/mol. The van der Waals surface area contributed by atoms with Gasteiger partial charge >= 0.3 is 0 Å². The molecule has 1 aromatic heterocycles. The summed E-state index contributed by atoms with van der Waals surface area (Å²) in [5.41, 5.74) is 7.43. The molecule has 4 N–H and O–H groups in total. The second kappa shape index (κ2) is 6.62. The highest BCUT2D eigenvalue weighted by Gasteiger charge is 2.12. The summed E-state index contributed by atoms with van der Waals surface area (Å²) in [6.07, 6.45) is 0.891. The highest BCUT2D eigenvalue weighted by atomic mass is 16.3. The minimum atomic E-state index is 0.0669. The second-order valence-corrected chi connectivity index (χ2v) is 5.48. The lowest BCUT2D eigenvalue weighted by Gasteiger charge is -2.14. The Morgan fingerprint density at radius 3 is 2.61 bits per heavy atom. The van der Waals surface area contributed by atoms with E-state index in [9.17, 15) is 5.11 Å². The normalized spacial score (nSPS) is 12.3. The van der Waals surface area contributed by atoms with Gasteiger partial charge in [-0.15, -0.1) is 0 Å². The topological polar surface area (TPSA) is 84.1 Å². The fourth-order valence-corrected chi connectivity index (χ4v) is 2.37. The molecule has 23 heavy (non-hydrogen) atoms. The van der Waals surface area contributed by atoms with Gasteiger partial charge in [0.15, 0.2) is 5.82 Å². The van der Waals surface area contributed by atoms with Crippen molar-refractivity contribution < 1.29 is 5.11 Å². The Morgan fingerprint density at radius 1 is 1.09 bits per heavy atom. The molecule has 1 heterocycles. The minimum Gasteiger partial charge on any atom is -0.507 e. The van der Waals surface area contributed by atoms with Crippen molar-refractivity contribution in [3.8, 4) is 17.1 Å². The van der Waals surface area contributed by atoms with Crippen molar-refractivity contribution >= 4 is 16.7 Å². The molecule has 118 valence electrons. The Hall–Kier alpha value is -2.66. The van der Waals surface area contributed by atoms with Crippen LogP contribution in [0, 0.1) is 0 Å². The van der Waals surface area contributed by atoms with Gasteiger partial charge in [-0.25, -0.2) is 9.97 Å². The van der Waals surface area contributed by atoms with Gasteiger partial charge in [0, 0.05) is 18.0 Å². The van der Waals surface area contributed by atoms with Crippen LogP contribution in [0.4, 0.5) is 5.82 Å². The molecule has 0 spiro atoms. The van der Waals surface area contributed by atoms with Crippen LogP contribution in [-0.2, 0) is 0 Å². The number of phenolic OH excluding ortho intramolecular Hbond substituents is 1. The SMILES string of the molecule is CCC(N)CNc1nc(-c2ccccc2O)nc2ccccc12. The van der Waals surface area contributed by atoms with Crippen molar-refractivity contribution in [1.82, 2.24) is 9.97 Å². The van der Waals surface area contributed by atoms with Crippen LogP contribution in [-0.4, -0.2) is 27.7 Å². The smallest absolute Gasteiger partial charge is 0.165 e. The van der Waals surface area contributed by atoms with E-state index in [-0.39, 0.29) is 11.8 Å². The summed E-state index contributed by atoms with van der Waals surface area (Å²) in [6.45, 7) is 2.69. The van der Waals surface area contributed by atoms with E-state index in [0.717, 1.165) is 23.1 Å². The first kappa shape index (κ1) is 15.2. The molecule has 0 bridgehead atoms. The third kappa shape index (κ3) is 3.24. The Balaban J connectivity index is 2.08. The lowest BCUT2D eigenvalue weighted by molar-refractivity contribution is 0.477. The van der Waals surface area contributed by atoms with E-state index in [1.165, 1.54) is 0 Å². The Labute approximate surface area is 135 Å². The fourth-order valence-electron chi connectivity index (χ4n) is 2.37. The first-order chi connectivity index (χ1) is 11.2. The maximum atomic E-state index is 10.1. The minimum absolute atomic E-state index is 0.0669. The summed E-state index contributed by atoms with van der Waals surface area (Å²) in [6, 6.07) is 14.9. The zero-order chi connectivity index (χ0) is 16.2. The first-order valence-corrected chi connectivity index (χ1v) is 7.73. The number of aromatic nitrogens is 2. The molecule has 5 heteroatoms. The largest absolute Gasteiger partial charge is 0.507 e. The van der Waals surface area contributed by atoms with Gasteiger partial charge in [-0.05, 0) is 30.7 Å². The molecule has 0 fully saturated rings. The maximum Gasteiger partial charge on any atom is 0.165 e. The number of hydrogen-bond acceptors (Lipinski definition) is 5. The number of hydrogen-bond donors (Lipinski definition) is 3. The van der Waals surface area contributed by atoms with E-state index in [0.29, 0.717) is 17.9 Å². The van der Waals surface area contributed by atoms with Crippen molar-refractivity contribution in [2.75, 3.05) is 11.9 Å². The van der Waals surface area contributed by atoms with E-state index >= 15 is 0 Å². The zero-order valence-electron chi connectivity index (χ0n) is 13.0. The van der Waals surface area contributed by atoms with Crippen LogP contribution in [0.3, 0.4) is 0 Å². The monoisotopic (exact) mass is 308 g/mol. The van der Waals surface area contributed by atoms with Gasteiger partial charge in [-0.2, -0.15) is 0 Å². The van der Waals surface area contributed by atoms with Crippen molar-refractivity contribution in [2.24, 2.45) is 5.73 Å². The predicted molar refractivity (Wildman–Crippen MR) is 93.4 cm³/mol. The number of para-hydroxylation sites is 2. The van der Waals surface area contributed by atoms with E-state index in [1.54, 1.807) is 18.2 Å². The summed E-state index contributed by atoms with van der Waals surface area (Å²) >= 11 is 0. The van der Waals surface area contributed by atoms with Gasteiger partial charge in [0.2, 0.25) is 0 Å². The van der Waals surface area contributed by atoms with Gasteiger partial charge in [0.25, 0.3) is 0 Å². The quantitative estimate of drug-likeness (QED) is 0.674.